The third kappa shape index (κ3) is 13.4. The van der Waals surface area contributed by atoms with Crippen molar-refractivity contribution >= 4 is 63.2 Å². The van der Waals surface area contributed by atoms with Gasteiger partial charge in [-0.05, 0) is 93.5 Å². The van der Waals surface area contributed by atoms with E-state index in [4.69, 9.17) is 23.9 Å². The fraction of sp³-hybridized carbons (Fsp3) is 0.554. The molecule has 424 valence electrons. The summed E-state index contributed by atoms with van der Waals surface area (Å²) in [5, 5.41) is 34.0. The number of aryl methyl sites for hydroxylation is 1. The first-order valence-electron chi connectivity index (χ1n) is 27.6. The molecule has 23 heteroatoms. The number of aromatic nitrogens is 6. The van der Waals surface area contributed by atoms with E-state index in [9.17, 15) is 34.2 Å². The molecule has 7 N–H and O–H groups in total. The molecule has 0 radical (unpaired) electrons. The predicted octanol–water partition coefficient (Wildman–Crippen LogP) is 5.04. The Labute approximate surface area is 458 Å². The van der Waals surface area contributed by atoms with E-state index >= 15 is 0 Å². The van der Waals surface area contributed by atoms with E-state index in [2.05, 4.69) is 98.9 Å². The third-order valence-corrected chi connectivity index (χ3v) is 15.1. The van der Waals surface area contributed by atoms with E-state index < -0.39 is 42.0 Å². The smallest absolute Gasteiger partial charge is 0.264 e. The SMILES string of the molecule is CC(C)N(CC1=C(O)C(O)[C@H](n2cnc3c(NCCCCNC(=O)CCOCCOCCOCCNc4cccc5c4C(=O)N(C4CCC(=O)NC4=O)C5=O)ncnc32)O1)C1CC(CCc2nc3ccc(C(C)(C)C)cc3[nH]2)C1. The minimum atomic E-state index is -1.30. The Balaban J connectivity index is 0.607. The molecule has 23 nitrogen and oxygen atoms in total. The second-order valence-electron chi connectivity index (χ2n) is 21.9. The topological polar surface area (TPSA) is 290 Å². The zero-order valence-corrected chi connectivity index (χ0v) is 45.7. The van der Waals surface area contributed by atoms with Crippen molar-refractivity contribution in [1.29, 1.82) is 0 Å². The van der Waals surface area contributed by atoms with Gasteiger partial charge in [0.05, 0.1) is 68.3 Å². The highest BCUT2D eigenvalue weighted by molar-refractivity contribution is 6.25. The molecule has 5 aromatic rings. The molecule has 6 heterocycles. The molecule has 2 fully saturated rings. The Hall–Kier alpha value is -7.05. The van der Waals surface area contributed by atoms with Crippen LogP contribution in [0.4, 0.5) is 11.5 Å². The summed E-state index contributed by atoms with van der Waals surface area (Å²) >= 11 is 0. The van der Waals surface area contributed by atoms with Gasteiger partial charge in [0.15, 0.2) is 34.6 Å². The van der Waals surface area contributed by atoms with Crippen LogP contribution in [-0.2, 0) is 45.2 Å². The fourth-order valence-electron chi connectivity index (χ4n) is 10.6. The second-order valence-corrected chi connectivity index (χ2v) is 21.9. The van der Waals surface area contributed by atoms with Gasteiger partial charge < -0.3 is 50.1 Å². The number of benzene rings is 2. The number of aliphatic hydroxyl groups is 2. The lowest BCUT2D eigenvalue weighted by Crippen LogP contribution is -2.54. The maximum Gasteiger partial charge on any atom is 0.264 e. The van der Waals surface area contributed by atoms with Crippen molar-refractivity contribution in [2.24, 2.45) is 5.92 Å². The molecule has 9 rings (SSSR count). The average Bonchev–Trinajstić information content (AvgIpc) is 4.13. The van der Waals surface area contributed by atoms with Gasteiger partial charge in [-0.15, -0.1) is 0 Å². The molecule has 2 unspecified atom stereocenters. The number of hydrogen-bond donors (Lipinski definition) is 7. The van der Waals surface area contributed by atoms with Crippen molar-refractivity contribution in [3.8, 4) is 0 Å². The van der Waals surface area contributed by atoms with Gasteiger partial charge in [0.25, 0.3) is 11.8 Å². The molecule has 0 bridgehead atoms. The summed E-state index contributed by atoms with van der Waals surface area (Å²) in [7, 11) is 0. The number of hydrogen-bond acceptors (Lipinski definition) is 18. The van der Waals surface area contributed by atoms with Crippen LogP contribution in [0.1, 0.15) is 124 Å². The van der Waals surface area contributed by atoms with E-state index in [0.29, 0.717) is 99.6 Å². The number of fused-ring (bicyclic) bond motifs is 3. The zero-order valence-electron chi connectivity index (χ0n) is 45.7. The van der Waals surface area contributed by atoms with Crippen LogP contribution in [0.2, 0.25) is 0 Å². The first-order chi connectivity index (χ1) is 38.0. The quantitative estimate of drug-likeness (QED) is 0.0255. The van der Waals surface area contributed by atoms with Crippen molar-refractivity contribution in [2.45, 2.75) is 128 Å². The summed E-state index contributed by atoms with van der Waals surface area (Å²) in [6.07, 6.45) is 6.53. The normalized spacial score (nSPS) is 20.4. The highest BCUT2D eigenvalue weighted by Crippen LogP contribution is 2.40. The van der Waals surface area contributed by atoms with Crippen LogP contribution in [0.3, 0.4) is 0 Å². The maximum atomic E-state index is 13.3. The number of amides is 5. The number of aromatic amines is 1. The van der Waals surface area contributed by atoms with Gasteiger partial charge in [-0.1, -0.05) is 32.9 Å². The zero-order chi connectivity index (χ0) is 55.8. The van der Waals surface area contributed by atoms with Crippen LogP contribution in [0.25, 0.3) is 22.2 Å². The number of nitrogens with one attached hydrogen (secondary N) is 5. The van der Waals surface area contributed by atoms with E-state index in [1.54, 1.807) is 29.1 Å². The number of aliphatic hydroxyl groups excluding tert-OH is 2. The molecule has 1 saturated carbocycles. The van der Waals surface area contributed by atoms with E-state index in [0.717, 1.165) is 60.3 Å². The monoisotopic (exact) mass is 1090 g/mol. The molecule has 1 aliphatic carbocycles. The van der Waals surface area contributed by atoms with Gasteiger partial charge in [0, 0.05) is 56.7 Å². The van der Waals surface area contributed by atoms with Gasteiger partial charge in [0.2, 0.25) is 23.9 Å². The number of anilines is 2. The lowest BCUT2D eigenvalue weighted by molar-refractivity contribution is -0.136. The van der Waals surface area contributed by atoms with Crippen LogP contribution < -0.4 is 21.3 Å². The number of imide groups is 2. The number of carbonyl (C=O) groups excluding carboxylic acids is 5. The molecule has 3 aromatic heterocycles. The Morgan fingerprint density at radius 1 is 0.924 bits per heavy atom. The number of piperidine rings is 1. The van der Waals surface area contributed by atoms with E-state index in [1.165, 1.54) is 11.9 Å². The van der Waals surface area contributed by atoms with Gasteiger partial charge in [-0.2, -0.15) is 0 Å². The summed E-state index contributed by atoms with van der Waals surface area (Å²) in [5.74, 6) is -0.0803. The van der Waals surface area contributed by atoms with Crippen LogP contribution in [-0.4, -0.2) is 169 Å². The molecular weight excluding hydrogens is 1020 g/mol. The van der Waals surface area contributed by atoms with Crippen LogP contribution >= 0.6 is 0 Å². The van der Waals surface area contributed by atoms with Crippen LogP contribution in [0, 0.1) is 5.92 Å². The molecular formula is C56H74N12O11. The van der Waals surface area contributed by atoms with E-state index in [-0.39, 0.29) is 60.1 Å². The van der Waals surface area contributed by atoms with Gasteiger partial charge in [0.1, 0.15) is 24.5 Å². The number of carbonyl (C=O) groups is 5. The summed E-state index contributed by atoms with van der Waals surface area (Å²) < 4.78 is 24.7. The summed E-state index contributed by atoms with van der Waals surface area (Å²) in [6, 6.07) is 10.8. The lowest BCUT2D eigenvalue weighted by atomic mass is 9.76. The largest absolute Gasteiger partial charge is 0.506 e. The molecule has 3 aliphatic heterocycles. The lowest BCUT2D eigenvalue weighted by Gasteiger charge is -2.45. The summed E-state index contributed by atoms with van der Waals surface area (Å²) in [6.45, 7) is 14.6. The highest BCUT2D eigenvalue weighted by atomic mass is 16.5. The molecule has 3 atom stereocenters. The van der Waals surface area contributed by atoms with Crippen molar-refractivity contribution in [3.05, 3.63) is 83.1 Å². The Morgan fingerprint density at radius 2 is 1.68 bits per heavy atom. The average molecular weight is 1090 g/mol. The van der Waals surface area contributed by atoms with Crippen molar-refractivity contribution in [1.82, 2.24) is 49.9 Å². The molecule has 1 saturated heterocycles. The Kier molecular flexibility index (Phi) is 18.2. The summed E-state index contributed by atoms with van der Waals surface area (Å²) in [4.78, 5) is 87.8. The number of unbranched alkanes of at least 4 members (excludes halogenated alkanes) is 1. The van der Waals surface area contributed by atoms with Crippen molar-refractivity contribution < 1.29 is 53.1 Å². The molecule has 79 heavy (non-hydrogen) atoms. The number of rotatable bonds is 28. The highest BCUT2D eigenvalue weighted by Gasteiger charge is 2.46. The molecule has 0 spiro atoms. The first kappa shape index (κ1) is 56.7. The molecule has 4 aliphatic rings. The third-order valence-electron chi connectivity index (χ3n) is 15.1. The number of nitrogens with zero attached hydrogens (tertiary/aromatic N) is 7. The second kappa shape index (κ2) is 25.4. The van der Waals surface area contributed by atoms with Crippen molar-refractivity contribution in [3.63, 3.8) is 0 Å². The van der Waals surface area contributed by atoms with Crippen LogP contribution in [0.5, 0.6) is 0 Å². The molecule has 5 amide bonds. The van der Waals surface area contributed by atoms with E-state index in [1.807, 2.05) is 0 Å². The predicted molar refractivity (Wildman–Crippen MR) is 292 cm³/mol. The first-order valence-corrected chi connectivity index (χ1v) is 27.6. The Bertz CT molecular complexity index is 3030. The molecule has 2 aromatic carbocycles. The number of imidazole rings is 2. The minimum Gasteiger partial charge on any atom is -0.506 e. The van der Waals surface area contributed by atoms with Crippen molar-refractivity contribution in [2.75, 3.05) is 76.5 Å². The Morgan fingerprint density at radius 3 is 2.44 bits per heavy atom. The fourth-order valence-corrected chi connectivity index (χ4v) is 10.6. The maximum absolute atomic E-state index is 13.3. The van der Waals surface area contributed by atoms with Gasteiger partial charge in [-0.3, -0.25) is 43.7 Å². The summed E-state index contributed by atoms with van der Waals surface area (Å²) in [5.41, 5.74) is 5.24. The van der Waals surface area contributed by atoms with Gasteiger partial charge in [-0.25, -0.2) is 19.9 Å². The minimum absolute atomic E-state index is 0.0481. The van der Waals surface area contributed by atoms with Crippen LogP contribution in [0.15, 0.2) is 60.6 Å². The number of H-pyrrole nitrogens is 1. The standard InChI is InChI=1S/C56H74N12O11/c1-33(2)66(36-27-34(28-36)11-15-43-63-38-13-12-35(56(3,4)5)29-40(38)64-43)30-42-48(71)49(72)55(79-42)67-32-62-47-50(60-31-61-51(47)67)59-19-7-6-18-58-44(69)17-21-76-23-25-78-26-24-77-22-20-57-39-10-8-9-37-46(39)54(75)68(53(37)74)41-14-16-45(70)65-52(41)73/h8-10,12-13,29,31-34,36,41,49,55,57,71-72H,6-7,11,14-28,30H2,1-5H3,(H,58,69)(H,63,64)(H,59,60,61)(H,65,70,73)/t34?,36?,41?,49?,55-/m1/s1. The van der Waals surface area contributed by atoms with Gasteiger partial charge >= 0.3 is 0 Å². The number of ether oxygens (including phenoxy) is 4.